The molecule has 5 heteroatoms. The van der Waals surface area contributed by atoms with Crippen molar-refractivity contribution in [3.63, 3.8) is 0 Å². The molecule has 100 valence electrons. The number of nitrogens with one attached hydrogen (secondary N) is 1. The predicted molar refractivity (Wildman–Crippen MR) is 78.9 cm³/mol. The third-order valence-corrected chi connectivity index (χ3v) is 3.21. The van der Waals surface area contributed by atoms with Crippen molar-refractivity contribution >= 4 is 16.6 Å². The van der Waals surface area contributed by atoms with Gasteiger partial charge >= 0.3 is 0 Å². The lowest BCUT2D eigenvalue weighted by atomic mass is 10.2. The van der Waals surface area contributed by atoms with Gasteiger partial charge in [-0.1, -0.05) is 24.3 Å². The van der Waals surface area contributed by atoms with Gasteiger partial charge in [0.1, 0.15) is 5.82 Å². The number of hydrogen-bond acceptors (Lipinski definition) is 4. The van der Waals surface area contributed by atoms with Crippen molar-refractivity contribution in [2.24, 2.45) is 0 Å². The Labute approximate surface area is 115 Å². The van der Waals surface area contributed by atoms with E-state index in [-0.39, 0.29) is 5.56 Å². The molecule has 0 atom stereocenters. The predicted octanol–water partition coefficient (Wildman–Crippen LogP) is 1.88. The number of aromatic nitrogens is 3. The molecule has 0 amide bonds. The normalized spacial score (nSPS) is 10.7. The Morgan fingerprint density at radius 3 is 2.90 bits per heavy atom. The van der Waals surface area contributed by atoms with E-state index in [2.05, 4.69) is 15.4 Å². The average molecular weight is 266 g/mol. The van der Waals surface area contributed by atoms with Gasteiger partial charge in [0.05, 0.1) is 18.1 Å². The van der Waals surface area contributed by atoms with Crippen LogP contribution in [0.15, 0.2) is 53.6 Å². The molecule has 2 heterocycles. The van der Waals surface area contributed by atoms with E-state index in [1.165, 1.54) is 4.68 Å². The van der Waals surface area contributed by atoms with Crippen molar-refractivity contribution in [3.8, 4) is 0 Å². The van der Waals surface area contributed by atoms with E-state index in [9.17, 15) is 4.79 Å². The van der Waals surface area contributed by atoms with Crippen LogP contribution in [0.3, 0.4) is 0 Å². The van der Waals surface area contributed by atoms with Crippen LogP contribution in [-0.4, -0.2) is 21.8 Å². The zero-order valence-electron chi connectivity index (χ0n) is 11.1. The lowest BCUT2D eigenvalue weighted by Crippen LogP contribution is -2.23. The first-order valence-electron chi connectivity index (χ1n) is 6.36. The molecule has 3 rings (SSSR count). The molecule has 0 saturated heterocycles. The molecule has 0 saturated carbocycles. The minimum absolute atomic E-state index is 0.0889. The second kappa shape index (κ2) is 5.13. The topological polar surface area (TPSA) is 59.8 Å². The molecule has 1 N–H and O–H groups in total. The minimum atomic E-state index is -0.0889. The summed E-state index contributed by atoms with van der Waals surface area (Å²) in [5.74, 6) is 0.759. The smallest absolute Gasteiger partial charge is 0.274 e. The summed E-state index contributed by atoms with van der Waals surface area (Å²) in [7, 11) is 1.81. The molecule has 2 aromatic heterocycles. The van der Waals surface area contributed by atoms with E-state index < -0.39 is 0 Å². The summed E-state index contributed by atoms with van der Waals surface area (Å²) in [6.45, 7) is 0.397. The van der Waals surface area contributed by atoms with Crippen LogP contribution in [0.5, 0.6) is 0 Å². The van der Waals surface area contributed by atoms with Crippen LogP contribution >= 0.6 is 0 Å². The van der Waals surface area contributed by atoms with E-state index in [1.807, 2.05) is 43.4 Å². The fraction of sp³-hybridized carbons (Fsp3) is 0.133. The number of pyridine rings is 1. The van der Waals surface area contributed by atoms with E-state index in [4.69, 9.17) is 0 Å². The molecule has 0 aliphatic rings. The van der Waals surface area contributed by atoms with Crippen LogP contribution in [0.25, 0.3) is 10.8 Å². The number of hydrogen-bond donors (Lipinski definition) is 1. The molecule has 1 aromatic carbocycles. The summed E-state index contributed by atoms with van der Waals surface area (Å²) in [5, 5.41) is 8.78. The van der Waals surface area contributed by atoms with Gasteiger partial charge in [0, 0.05) is 24.2 Å². The summed E-state index contributed by atoms with van der Waals surface area (Å²) < 4.78 is 1.46. The third-order valence-electron chi connectivity index (χ3n) is 3.21. The molecular formula is C15H14N4O. The minimum Gasteiger partial charge on any atom is -0.373 e. The summed E-state index contributed by atoms with van der Waals surface area (Å²) in [4.78, 5) is 16.6. The summed E-state index contributed by atoms with van der Waals surface area (Å²) in [6.07, 6.45) is 3.43. The second-order valence-electron chi connectivity index (χ2n) is 4.46. The van der Waals surface area contributed by atoms with Gasteiger partial charge in [-0.15, -0.1) is 0 Å². The monoisotopic (exact) mass is 266 g/mol. The molecule has 20 heavy (non-hydrogen) atoms. The fourth-order valence-corrected chi connectivity index (χ4v) is 2.19. The molecule has 0 aliphatic carbocycles. The van der Waals surface area contributed by atoms with E-state index in [0.29, 0.717) is 11.9 Å². The molecule has 0 fully saturated rings. The first kappa shape index (κ1) is 12.3. The van der Waals surface area contributed by atoms with Gasteiger partial charge in [-0.25, -0.2) is 9.67 Å². The van der Waals surface area contributed by atoms with Crippen molar-refractivity contribution in [1.29, 1.82) is 0 Å². The Kier molecular flexibility index (Phi) is 3.16. The molecule has 5 nitrogen and oxygen atoms in total. The van der Waals surface area contributed by atoms with Gasteiger partial charge in [0.25, 0.3) is 5.56 Å². The van der Waals surface area contributed by atoms with Crippen LogP contribution in [0, 0.1) is 0 Å². The van der Waals surface area contributed by atoms with Gasteiger partial charge in [0.2, 0.25) is 0 Å². The maximum atomic E-state index is 12.4. The molecular weight excluding hydrogens is 252 g/mol. The molecule has 0 radical (unpaired) electrons. The molecule has 3 aromatic rings. The quantitative estimate of drug-likeness (QED) is 0.786. The van der Waals surface area contributed by atoms with Crippen LogP contribution < -0.4 is 10.9 Å². The van der Waals surface area contributed by atoms with E-state index >= 15 is 0 Å². The second-order valence-corrected chi connectivity index (χ2v) is 4.46. The van der Waals surface area contributed by atoms with Crippen LogP contribution in [0.2, 0.25) is 0 Å². The maximum Gasteiger partial charge on any atom is 0.274 e. The Morgan fingerprint density at radius 1 is 1.20 bits per heavy atom. The third kappa shape index (κ3) is 2.14. The van der Waals surface area contributed by atoms with Crippen LogP contribution in [0.1, 0.15) is 5.56 Å². The zero-order chi connectivity index (χ0) is 13.9. The summed E-state index contributed by atoms with van der Waals surface area (Å²) in [6, 6.07) is 11.2. The van der Waals surface area contributed by atoms with Gasteiger partial charge in [0.15, 0.2) is 0 Å². The van der Waals surface area contributed by atoms with Gasteiger partial charge < -0.3 is 5.32 Å². The Morgan fingerprint density at radius 2 is 2.05 bits per heavy atom. The van der Waals surface area contributed by atoms with Crippen molar-refractivity contribution in [1.82, 2.24) is 14.8 Å². The lowest BCUT2D eigenvalue weighted by molar-refractivity contribution is 0.647. The van der Waals surface area contributed by atoms with Crippen LogP contribution in [0.4, 0.5) is 5.82 Å². The standard InChI is InChI=1S/C15H14N4O/c1-16-14-12(6-4-8-17-14)10-19-15(20)13-7-3-2-5-11(13)9-18-19/h2-9H,10H2,1H3,(H,16,17). The molecule has 0 bridgehead atoms. The SMILES string of the molecule is CNc1ncccc1Cn1ncc2ccccc2c1=O. The number of benzene rings is 1. The molecule has 0 spiro atoms. The van der Waals surface area contributed by atoms with Crippen LogP contribution in [-0.2, 0) is 6.54 Å². The first-order chi connectivity index (χ1) is 9.79. The number of nitrogens with zero attached hydrogens (tertiary/aromatic N) is 3. The Balaban J connectivity index is 2.07. The Bertz CT molecular complexity index is 810. The molecule has 0 aliphatic heterocycles. The lowest BCUT2D eigenvalue weighted by Gasteiger charge is -2.09. The highest BCUT2D eigenvalue weighted by Gasteiger charge is 2.07. The number of rotatable bonds is 3. The highest BCUT2D eigenvalue weighted by Crippen LogP contribution is 2.12. The van der Waals surface area contributed by atoms with E-state index in [1.54, 1.807) is 12.4 Å². The summed E-state index contributed by atoms with van der Waals surface area (Å²) >= 11 is 0. The molecule has 0 unspecified atom stereocenters. The van der Waals surface area contributed by atoms with E-state index in [0.717, 1.165) is 16.8 Å². The fourth-order valence-electron chi connectivity index (χ4n) is 2.19. The van der Waals surface area contributed by atoms with Crippen molar-refractivity contribution in [2.45, 2.75) is 6.54 Å². The highest BCUT2D eigenvalue weighted by molar-refractivity contribution is 5.80. The first-order valence-corrected chi connectivity index (χ1v) is 6.36. The zero-order valence-corrected chi connectivity index (χ0v) is 11.1. The van der Waals surface area contributed by atoms with Crippen molar-refractivity contribution in [2.75, 3.05) is 12.4 Å². The Hall–Kier alpha value is -2.69. The largest absolute Gasteiger partial charge is 0.373 e. The van der Waals surface area contributed by atoms with Gasteiger partial charge in [-0.3, -0.25) is 4.79 Å². The van der Waals surface area contributed by atoms with Gasteiger partial charge in [-0.05, 0) is 12.1 Å². The van der Waals surface area contributed by atoms with Crippen molar-refractivity contribution in [3.05, 3.63) is 64.7 Å². The highest BCUT2D eigenvalue weighted by atomic mass is 16.1. The summed E-state index contributed by atoms with van der Waals surface area (Å²) in [5.41, 5.74) is 0.842. The number of fused-ring (bicyclic) bond motifs is 1. The average Bonchev–Trinajstić information content (AvgIpc) is 2.51. The van der Waals surface area contributed by atoms with Gasteiger partial charge in [-0.2, -0.15) is 5.10 Å². The van der Waals surface area contributed by atoms with Crippen molar-refractivity contribution < 1.29 is 0 Å². The maximum absolute atomic E-state index is 12.4. The number of anilines is 1.